The van der Waals surface area contributed by atoms with Gasteiger partial charge in [-0.1, -0.05) is 37.3 Å². The number of amides is 1. The van der Waals surface area contributed by atoms with Gasteiger partial charge in [0.1, 0.15) is 6.04 Å². The second-order valence-electron chi connectivity index (χ2n) is 5.86. The molecule has 0 spiro atoms. The maximum absolute atomic E-state index is 12.4. The fourth-order valence-electron chi connectivity index (χ4n) is 2.59. The zero-order valence-corrected chi connectivity index (χ0v) is 12.3. The lowest BCUT2D eigenvalue weighted by Gasteiger charge is -2.33. The topological polar surface area (TPSA) is 78.4 Å². The van der Waals surface area contributed by atoms with Crippen molar-refractivity contribution >= 4 is 11.9 Å². The van der Waals surface area contributed by atoms with Crippen molar-refractivity contribution in [1.82, 2.24) is 10.6 Å². The van der Waals surface area contributed by atoms with Crippen LogP contribution in [-0.4, -0.2) is 36.1 Å². The number of piperidine rings is 1. The molecular formula is C16H22N2O3. The minimum atomic E-state index is -0.996. The third kappa shape index (κ3) is 4.04. The highest BCUT2D eigenvalue weighted by molar-refractivity contribution is 5.87. The van der Waals surface area contributed by atoms with Crippen LogP contribution in [0.3, 0.4) is 0 Å². The predicted molar refractivity (Wildman–Crippen MR) is 79.9 cm³/mol. The first kappa shape index (κ1) is 15.5. The van der Waals surface area contributed by atoms with Crippen LogP contribution in [0.1, 0.15) is 25.3 Å². The van der Waals surface area contributed by atoms with Crippen molar-refractivity contribution < 1.29 is 14.7 Å². The maximum Gasteiger partial charge on any atom is 0.326 e. The molecule has 1 aromatic carbocycles. The van der Waals surface area contributed by atoms with Crippen LogP contribution in [0.4, 0.5) is 0 Å². The Hall–Kier alpha value is -1.88. The molecule has 1 fully saturated rings. The van der Waals surface area contributed by atoms with E-state index in [1.165, 1.54) is 0 Å². The molecule has 1 aromatic rings. The highest BCUT2D eigenvalue weighted by Gasteiger charge is 2.36. The molecule has 114 valence electrons. The lowest BCUT2D eigenvalue weighted by Crippen LogP contribution is -2.51. The molecule has 0 aliphatic carbocycles. The first-order valence-electron chi connectivity index (χ1n) is 7.30. The molecule has 1 atom stereocenters. The smallest absolute Gasteiger partial charge is 0.326 e. The fourth-order valence-corrected chi connectivity index (χ4v) is 2.59. The van der Waals surface area contributed by atoms with Crippen molar-refractivity contribution in [3.05, 3.63) is 35.9 Å². The Labute approximate surface area is 124 Å². The summed E-state index contributed by atoms with van der Waals surface area (Å²) in [5, 5.41) is 15.3. The van der Waals surface area contributed by atoms with Crippen molar-refractivity contribution in [3.63, 3.8) is 0 Å². The molecule has 1 aliphatic rings. The Kier molecular flexibility index (Phi) is 4.96. The lowest BCUT2D eigenvalue weighted by atomic mass is 9.80. The number of rotatable bonds is 5. The molecule has 1 saturated heterocycles. The quantitative estimate of drug-likeness (QED) is 0.761. The van der Waals surface area contributed by atoms with Gasteiger partial charge >= 0.3 is 5.97 Å². The molecule has 0 aromatic heterocycles. The summed E-state index contributed by atoms with van der Waals surface area (Å²) in [7, 11) is 0. The first-order chi connectivity index (χ1) is 10.0. The van der Waals surface area contributed by atoms with Gasteiger partial charge in [-0.3, -0.25) is 4.79 Å². The standard InChI is InChI=1S/C16H22N2O3/c1-16(7-9-17-10-8-16)15(21)18-13(14(19)20)11-12-5-3-2-4-6-12/h2-6,13,17H,7-11H2,1H3,(H,18,21)(H,19,20)/t13-/m1/s1. The second kappa shape index (κ2) is 6.72. The molecule has 1 amide bonds. The number of benzene rings is 1. The van der Waals surface area contributed by atoms with Crippen LogP contribution in [0.2, 0.25) is 0 Å². The van der Waals surface area contributed by atoms with Crippen molar-refractivity contribution in [2.24, 2.45) is 5.41 Å². The van der Waals surface area contributed by atoms with Crippen LogP contribution in [0.15, 0.2) is 30.3 Å². The first-order valence-corrected chi connectivity index (χ1v) is 7.30. The summed E-state index contributed by atoms with van der Waals surface area (Å²) >= 11 is 0. The predicted octanol–water partition coefficient (Wildman–Crippen LogP) is 1.19. The number of carboxylic acid groups (broad SMARTS) is 1. The molecule has 0 bridgehead atoms. The van der Waals surface area contributed by atoms with Gasteiger partial charge in [-0.15, -0.1) is 0 Å². The summed E-state index contributed by atoms with van der Waals surface area (Å²) in [5.41, 5.74) is 0.427. The molecule has 0 radical (unpaired) electrons. The Morgan fingerprint density at radius 2 is 1.90 bits per heavy atom. The molecular weight excluding hydrogens is 268 g/mol. The molecule has 1 aliphatic heterocycles. The zero-order chi connectivity index (χ0) is 15.3. The number of carboxylic acids is 1. The summed E-state index contributed by atoms with van der Waals surface area (Å²) in [4.78, 5) is 23.8. The van der Waals surface area contributed by atoms with Crippen molar-refractivity contribution in [3.8, 4) is 0 Å². The van der Waals surface area contributed by atoms with Gasteiger partial charge in [0, 0.05) is 11.8 Å². The third-order valence-corrected chi connectivity index (χ3v) is 4.14. The van der Waals surface area contributed by atoms with E-state index in [4.69, 9.17) is 0 Å². The Bertz CT molecular complexity index is 496. The van der Waals surface area contributed by atoms with Gasteiger partial charge in [0.15, 0.2) is 0 Å². The van der Waals surface area contributed by atoms with E-state index in [1.54, 1.807) is 0 Å². The van der Waals surface area contributed by atoms with Gasteiger partial charge in [0.25, 0.3) is 0 Å². The van der Waals surface area contributed by atoms with Crippen molar-refractivity contribution in [2.45, 2.75) is 32.2 Å². The van der Waals surface area contributed by atoms with Crippen LogP contribution in [0.5, 0.6) is 0 Å². The molecule has 3 N–H and O–H groups in total. The highest BCUT2D eigenvalue weighted by atomic mass is 16.4. The monoisotopic (exact) mass is 290 g/mol. The number of carbonyl (C=O) groups excluding carboxylic acids is 1. The van der Waals surface area contributed by atoms with E-state index in [0.717, 1.165) is 31.5 Å². The van der Waals surface area contributed by atoms with E-state index in [-0.39, 0.29) is 5.91 Å². The van der Waals surface area contributed by atoms with Gasteiger partial charge < -0.3 is 15.7 Å². The number of carbonyl (C=O) groups is 2. The maximum atomic E-state index is 12.4. The third-order valence-electron chi connectivity index (χ3n) is 4.14. The van der Waals surface area contributed by atoms with Crippen LogP contribution in [0, 0.1) is 5.41 Å². The minimum Gasteiger partial charge on any atom is -0.480 e. The SMILES string of the molecule is CC1(C(=O)N[C@H](Cc2ccccc2)C(=O)O)CCNCC1. The van der Waals surface area contributed by atoms with E-state index >= 15 is 0 Å². The van der Waals surface area contributed by atoms with E-state index in [2.05, 4.69) is 10.6 Å². The molecule has 0 saturated carbocycles. The number of aliphatic carboxylic acids is 1. The molecule has 5 nitrogen and oxygen atoms in total. The van der Waals surface area contributed by atoms with Crippen LogP contribution >= 0.6 is 0 Å². The van der Waals surface area contributed by atoms with Gasteiger partial charge in [-0.25, -0.2) is 4.79 Å². The normalized spacial score (nSPS) is 18.7. The number of hydrogen-bond donors (Lipinski definition) is 3. The fraction of sp³-hybridized carbons (Fsp3) is 0.500. The van der Waals surface area contributed by atoms with E-state index in [1.807, 2.05) is 37.3 Å². The van der Waals surface area contributed by atoms with Gasteiger partial charge in [0.2, 0.25) is 5.91 Å². The average Bonchev–Trinajstić information content (AvgIpc) is 2.48. The summed E-state index contributed by atoms with van der Waals surface area (Å²) in [5.74, 6) is -1.16. The van der Waals surface area contributed by atoms with E-state index in [9.17, 15) is 14.7 Å². The molecule has 21 heavy (non-hydrogen) atoms. The number of nitrogens with one attached hydrogen (secondary N) is 2. The highest BCUT2D eigenvalue weighted by Crippen LogP contribution is 2.28. The number of hydrogen-bond acceptors (Lipinski definition) is 3. The van der Waals surface area contributed by atoms with E-state index in [0.29, 0.717) is 6.42 Å². The Morgan fingerprint density at radius 3 is 2.48 bits per heavy atom. The lowest BCUT2D eigenvalue weighted by molar-refractivity contribution is -0.144. The minimum absolute atomic E-state index is 0.160. The summed E-state index contributed by atoms with van der Waals surface area (Å²) in [6, 6.07) is 8.47. The van der Waals surface area contributed by atoms with Crippen LogP contribution in [-0.2, 0) is 16.0 Å². The largest absolute Gasteiger partial charge is 0.480 e. The second-order valence-corrected chi connectivity index (χ2v) is 5.86. The summed E-state index contributed by atoms with van der Waals surface area (Å²) in [6.45, 7) is 3.49. The molecule has 2 rings (SSSR count). The summed E-state index contributed by atoms with van der Waals surface area (Å²) in [6.07, 6.45) is 1.77. The zero-order valence-electron chi connectivity index (χ0n) is 12.3. The van der Waals surface area contributed by atoms with Gasteiger partial charge in [-0.05, 0) is 31.5 Å². The Balaban J connectivity index is 2.02. The van der Waals surface area contributed by atoms with E-state index < -0.39 is 17.4 Å². The van der Waals surface area contributed by atoms with Gasteiger partial charge in [0.05, 0.1) is 0 Å². The van der Waals surface area contributed by atoms with Crippen LogP contribution < -0.4 is 10.6 Å². The molecule has 1 heterocycles. The van der Waals surface area contributed by atoms with Crippen molar-refractivity contribution in [2.75, 3.05) is 13.1 Å². The molecule has 0 unspecified atom stereocenters. The van der Waals surface area contributed by atoms with Crippen LogP contribution in [0.25, 0.3) is 0 Å². The van der Waals surface area contributed by atoms with Gasteiger partial charge in [-0.2, -0.15) is 0 Å². The average molecular weight is 290 g/mol. The summed E-state index contributed by atoms with van der Waals surface area (Å²) < 4.78 is 0. The van der Waals surface area contributed by atoms with Crippen molar-refractivity contribution in [1.29, 1.82) is 0 Å². The Morgan fingerprint density at radius 1 is 1.29 bits per heavy atom. The molecule has 5 heteroatoms.